The van der Waals surface area contributed by atoms with Crippen LogP contribution in [0.5, 0.6) is 0 Å². The van der Waals surface area contributed by atoms with E-state index < -0.39 is 0 Å². The van der Waals surface area contributed by atoms with Gasteiger partial charge < -0.3 is 15.0 Å². The van der Waals surface area contributed by atoms with Crippen molar-refractivity contribution in [3.05, 3.63) is 70.3 Å². The smallest absolute Gasteiger partial charge is 0.273 e. The standard InChI is InChI=1S/C21H25N3O3/c1-14-9-6-7-11-17(14)16(3)23-27-13-19-15(2)10-8-12-18(19)20(24-26-5)21(25)22-4/h6-12H,13H2,1-5H3,(H,22,25)/b23-16+,24-20+. The van der Waals surface area contributed by atoms with Crippen LogP contribution in [0.4, 0.5) is 0 Å². The Morgan fingerprint density at radius 1 is 1.00 bits per heavy atom. The molecule has 0 saturated carbocycles. The Hall–Kier alpha value is -3.15. The van der Waals surface area contributed by atoms with Gasteiger partial charge in [0, 0.05) is 23.7 Å². The van der Waals surface area contributed by atoms with Gasteiger partial charge in [-0.3, -0.25) is 4.79 Å². The summed E-state index contributed by atoms with van der Waals surface area (Å²) in [5, 5.41) is 10.7. The monoisotopic (exact) mass is 367 g/mol. The van der Waals surface area contributed by atoms with Crippen molar-refractivity contribution < 1.29 is 14.5 Å². The summed E-state index contributed by atoms with van der Waals surface area (Å²) in [4.78, 5) is 22.6. The van der Waals surface area contributed by atoms with Gasteiger partial charge in [-0.2, -0.15) is 0 Å². The van der Waals surface area contributed by atoms with Gasteiger partial charge in [0.2, 0.25) is 0 Å². The molecule has 0 heterocycles. The van der Waals surface area contributed by atoms with Gasteiger partial charge in [-0.1, -0.05) is 52.8 Å². The van der Waals surface area contributed by atoms with Crippen LogP contribution in [0.25, 0.3) is 0 Å². The minimum Gasteiger partial charge on any atom is -0.398 e. The number of nitrogens with one attached hydrogen (secondary N) is 1. The van der Waals surface area contributed by atoms with E-state index >= 15 is 0 Å². The number of carbonyl (C=O) groups is 1. The van der Waals surface area contributed by atoms with Crippen molar-refractivity contribution in [2.45, 2.75) is 27.4 Å². The highest BCUT2D eigenvalue weighted by molar-refractivity contribution is 6.45. The molecule has 27 heavy (non-hydrogen) atoms. The van der Waals surface area contributed by atoms with Crippen LogP contribution < -0.4 is 5.32 Å². The zero-order valence-corrected chi connectivity index (χ0v) is 16.4. The first kappa shape index (κ1) is 20.2. The molecule has 6 nitrogen and oxygen atoms in total. The highest BCUT2D eigenvalue weighted by atomic mass is 16.6. The number of likely N-dealkylation sites (N-methyl/N-ethyl adjacent to an activating group) is 1. The van der Waals surface area contributed by atoms with Crippen molar-refractivity contribution in [1.82, 2.24) is 5.32 Å². The van der Waals surface area contributed by atoms with Crippen LogP contribution in [0.1, 0.15) is 34.7 Å². The summed E-state index contributed by atoms with van der Waals surface area (Å²) >= 11 is 0. The second kappa shape index (κ2) is 9.52. The van der Waals surface area contributed by atoms with Crippen molar-refractivity contribution in [2.75, 3.05) is 14.2 Å². The Labute approximate surface area is 159 Å². The Morgan fingerprint density at radius 2 is 1.67 bits per heavy atom. The first-order valence-corrected chi connectivity index (χ1v) is 8.64. The van der Waals surface area contributed by atoms with Crippen LogP contribution in [-0.4, -0.2) is 31.5 Å². The highest BCUT2D eigenvalue weighted by Crippen LogP contribution is 2.18. The number of hydrogen-bond donors (Lipinski definition) is 1. The van der Waals surface area contributed by atoms with E-state index in [0.29, 0.717) is 5.56 Å². The summed E-state index contributed by atoms with van der Waals surface area (Å²) in [6.45, 7) is 6.10. The van der Waals surface area contributed by atoms with Gasteiger partial charge in [0.15, 0.2) is 5.71 Å². The van der Waals surface area contributed by atoms with Gasteiger partial charge in [0.05, 0.1) is 5.71 Å². The van der Waals surface area contributed by atoms with E-state index in [0.717, 1.165) is 28.0 Å². The zero-order chi connectivity index (χ0) is 19.8. The summed E-state index contributed by atoms with van der Waals surface area (Å²) in [5.41, 5.74) is 5.62. The number of rotatable bonds is 7. The van der Waals surface area contributed by atoms with Crippen molar-refractivity contribution in [3.63, 3.8) is 0 Å². The zero-order valence-electron chi connectivity index (χ0n) is 16.4. The molecule has 0 fully saturated rings. The lowest BCUT2D eigenvalue weighted by Crippen LogP contribution is -2.29. The minimum absolute atomic E-state index is 0.196. The molecule has 1 N–H and O–H groups in total. The Bertz CT molecular complexity index is 873. The quantitative estimate of drug-likeness (QED) is 0.603. The number of carbonyl (C=O) groups excluding carboxylic acids is 1. The van der Waals surface area contributed by atoms with Gasteiger partial charge in [0.1, 0.15) is 13.7 Å². The van der Waals surface area contributed by atoms with E-state index in [9.17, 15) is 4.79 Å². The van der Waals surface area contributed by atoms with Crippen LogP contribution in [0.2, 0.25) is 0 Å². The molecule has 1 amide bonds. The summed E-state index contributed by atoms with van der Waals surface area (Å²) in [5.74, 6) is -0.330. The second-order valence-electron chi connectivity index (χ2n) is 6.07. The first-order chi connectivity index (χ1) is 13.0. The summed E-state index contributed by atoms with van der Waals surface area (Å²) < 4.78 is 0. The van der Waals surface area contributed by atoms with Gasteiger partial charge >= 0.3 is 0 Å². The minimum atomic E-state index is -0.330. The fourth-order valence-electron chi connectivity index (χ4n) is 2.76. The lowest BCUT2D eigenvalue weighted by molar-refractivity contribution is -0.114. The molecule has 0 aliphatic heterocycles. The lowest BCUT2D eigenvalue weighted by atomic mass is 9.98. The third kappa shape index (κ3) is 4.94. The van der Waals surface area contributed by atoms with E-state index in [2.05, 4.69) is 15.6 Å². The van der Waals surface area contributed by atoms with Crippen LogP contribution in [-0.2, 0) is 21.1 Å². The Balaban J connectivity index is 2.29. The molecule has 0 bridgehead atoms. The molecule has 0 spiro atoms. The third-order valence-corrected chi connectivity index (χ3v) is 4.24. The largest absolute Gasteiger partial charge is 0.398 e. The first-order valence-electron chi connectivity index (χ1n) is 8.64. The van der Waals surface area contributed by atoms with Crippen molar-refractivity contribution >= 4 is 17.3 Å². The van der Waals surface area contributed by atoms with E-state index in [1.807, 2.05) is 63.2 Å². The molecule has 0 aliphatic carbocycles. The number of oxime groups is 2. The van der Waals surface area contributed by atoms with Gasteiger partial charge in [-0.05, 0) is 31.9 Å². The molecule has 0 saturated heterocycles. The fourth-order valence-corrected chi connectivity index (χ4v) is 2.76. The van der Waals surface area contributed by atoms with Crippen LogP contribution >= 0.6 is 0 Å². The third-order valence-electron chi connectivity index (χ3n) is 4.24. The number of amides is 1. The molecule has 0 aliphatic rings. The summed E-state index contributed by atoms with van der Waals surface area (Å²) in [6, 6.07) is 13.6. The van der Waals surface area contributed by atoms with Gasteiger partial charge in [-0.25, -0.2) is 0 Å². The Morgan fingerprint density at radius 3 is 2.33 bits per heavy atom. The maximum absolute atomic E-state index is 12.2. The average molecular weight is 367 g/mol. The fraction of sp³-hybridized carbons (Fsp3) is 0.286. The molecule has 2 rings (SSSR count). The Kier molecular flexibility index (Phi) is 7.11. The molecule has 0 unspecified atom stereocenters. The number of hydrogen-bond acceptors (Lipinski definition) is 5. The number of benzene rings is 2. The number of aryl methyl sites for hydroxylation is 2. The molecule has 0 atom stereocenters. The molecular formula is C21H25N3O3. The maximum atomic E-state index is 12.2. The topological polar surface area (TPSA) is 72.3 Å². The van der Waals surface area contributed by atoms with Crippen molar-refractivity contribution in [3.8, 4) is 0 Å². The van der Waals surface area contributed by atoms with E-state index in [1.165, 1.54) is 7.11 Å². The predicted molar refractivity (Wildman–Crippen MR) is 107 cm³/mol. The highest BCUT2D eigenvalue weighted by Gasteiger charge is 2.19. The molecule has 0 radical (unpaired) electrons. The maximum Gasteiger partial charge on any atom is 0.273 e. The molecule has 6 heteroatoms. The van der Waals surface area contributed by atoms with E-state index in [1.54, 1.807) is 7.05 Å². The van der Waals surface area contributed by atoms with Crippen LogP contribution in [0.15, 0.2) is 52.8 Å². The molecule has 2 aromatic carbocycles. The molecular weight excluding hydrogens is 342 g/mol. The molecule has 142 valence electrons. The second-order valence-corrected chi connectivity index (χ2v) is 6.07. The SMILES string of the molecule is CNC(=O)/C(=N/OC)c1cccc(C)c1CO/N=C(\C)c1ccccc1C. The van der Waals surface area contributed by atoms with E-state index in [4.69, 9.17) is 9.68 Å². The summed E-state index contributed by atoms with van der Waals surface area (Å²) in [6.07, 6.45) is 0. The van der Waals surface area contributed by atoms with Crippen molar-refractivity contribution in [2.24, 2.45) is 10.3 Å². The molecule has 0 aromatic heterocycles. The normalized spacial score (nSPS) is 11.9. The van der Waals surface area contributed by atoms with E-state index in [-0.39, 0.29) is 18.2 Å². The van der Waals surface area contributed by atoms with Gasteiger partial charge in [0.25, 0.3) is 5.91 Å². The van der Waals surface area contributed by atoms with Crippen LogP contribution in [0.3, 0.4) is 0 Å². The average Bonchev–Trinajstić information content (AvgIpc) is 2.67. The summed E-state index contributed by atoms with van der Waals surface area (Å²) in [7, 11) is 2.96. The lowest BCUT2D eigenvalue weighted by Gasteiger charge is -2.13. The van der Waals surface area contributed by atoms with Crippen LogP contribution in [0, 0.1) is 13.8 Å². The van der Waals surface area contributed by atoms with Crippen molar-refractivity contribution in [1.29, 1.82) is 0 Å². The van der Waals surface area contributed by atoms with Gasteiger partial charge in [-0.15, -0.1) is 0 Å². The molecule has 2 aromatic rings. The number of nitrogens with zero attached hydrogens (tertiary/aromatic N) is 2. The predicted octanol–water partition coefficient (Wildman–Crippen LogP) is 3.34.